The molecule has 23 heavy (non-hydrogen) atoms. The van der Waals surface area contributed by atoms with E-state index in [-0.39, 0.29) is 11.6 Å². The molecule has 7 heteroatoms. The highest BCUT2D eigenvalue weighted by Gasteiger charge is 2.27. The minimum Gasteiger partial charge on any atom is -0.339 e. The molecule has 0 bridgehead atoms. The maximum Gasteiger partial charge on any atom is 0.283 e. The number of rotatable bonds is 5. The molecule has 0 aliphatic rings. The Morgan fingerprint density at radius 1 is 1.09 bits per heavy atom. The van der Waals surface area contributed by atoms with Crippen LogP contribution in [-0.2, 0) is 23.6 Å². The molecule has 2 aromatic heterocycles. The first-order valence-corrected chi connectivity index (χ1v) is 8.46. The van der Waals surface area contributed by atoms with Gasteiger partial charge in [0.05, 0.1) is 18.6 Å². The molecule has 2 heterocycles. The number of sulfonamides is 1. The van der Waals surface area contributed by atoms with Crippen molar-refractivity contribution in [3.8, 4) is 0 Å². The fourth-order valence-corrected chi connectivity index (χ4v) is 3.63. The first-order valence-electron chi connectivity index (χ1n) is 7.02. The molecular weight excluding hydrogens is 312 g/mol. The summed E-state index contributed by atoms with van der Waals surface area (Å²) in [5.41, 5.74) is 1.44. The Morgan fingerprint density at radius 3 is 2.39 bits per heavy atom. The van der Waals surface area contributed by atoms with Gasteiger partial charge in [0.2, 0.25) is 0 Å². The molecule has 3 rings (SSSR count). The molecule has 0 amide bonds. The Kier molecular flexibility index (Phi) is 4.12. The Morgan fingerprint density at radius 2 is 1.78 bits per heavy atom. The van der Waals surface area contributed by atoms with E-state index in [1.165, 1.54) is 16.8 Å². The van der Waals surface area contributed by atoms with Crippen LogP contribution in [0, 0.1) is 0 Å². The van der Waals surface area contributed by atoms with Gasteiger partial charge < -0.3 is 4.57 Å². The fourth-order valence-electron chi connectivity index (χ4n) is 2.21. The van der Waals surface area contributed by atoms with Gasteiger partial charge >= 0.3 is 0 Å². The first-order chi connectivity index (χ1) is 11.1. The van der Waals surface area contributed by atoms with E-state index in [0.29, 0.717) is 5.69 Å². The summed E-state index contributed by atoms with van der Waals surface area (Å²) in [6.07, 6.45) is 6.11. The number of aromatic nitrogens is 3. The second kappa shape index (κ2) is 6.21. The van der Waals surface area contributed by atoms with Gasteiger partial charge in [-0.2, -0.15) is 8.42 Å². The first kappa shape index (κ1) is 15.2. The monoisotopic (exact) mass is 328 g/mol. The van der Waals surface area contributed by atoms with Gasteiger partial charge in [-0.3, -0.25) is 9.29 Å². The van der Waals surface area contributed by atoms with Crippen LogP contribution in [0.4, 0.5) is 5.69 Å². The van der Waals surface area contributed by atoms with Gasteiger partial charge in [0, 0.05) is 25.6 Å². The highest BCUT2D eigenvalue weighted by molar-refractivity contribution is 7.92. The van der Waals surface area contributed by atoms with Gasteiger partial charge in [0.1, 0.15) is 0 Å². The summed E-state index contributed by atoms with van der Waals surface area (Å²) in [6, 6.07) is 12.8. The molecule has 0 atom stereocenters. The molecule has 0 aliphatic carbocycles. The molecule has 118 valence electrons. The lowest BCUT2D eigenvalue weighted by atomic mass is 10.2. The van der Waals surface area contributed by atoms with Crippen LogP contribution in [-0.4, -0.2) is 23.0 Å². The molecule has 0 saturated carbocycles. The predicted molar refractivity (Wildman–Crippen MR) is 87.3 cm³/mol. The largest absolute Gasteiger partial charge is 0.339 e. The molecule has 0 N–H and O–H groups in total. The number of aryl methyl sites for hydroxylation is 1. The molecule has 0 saturated heterocycles. The van der Waals surface area contributed by atoms with Crippen molar-refractivity contribution in [1.29, 1.82) is 0 Å². The molecule has 0 radical (unpaired) electrons. The van der Waals surface area contributed by atoms with Gasteiger partial charge in [-0.15, -0.1) is 0 Å². The highest BCUT2D eigenvalue weighted by atomic mass is 32.2. The van der Waals surface area contributed by atoms with Crippen molar-refractivity contribution in [2.45, 2.75) is 11.6 Å². The summed E-state index contributed by atoms with van der Waals surface area (Å²) in [5, 5.41) is 0.0211. The van der Waals surface area contributed by atoms with E-state index >= 15 is 0 Å². The third kappa shape index (κ3) is 3.24. The molecular formula is C16H16N4O2S. The second-order valence-electron chi connectivity index (χ2n) is 5.08. The average molecular weight is 328 g/mol. The number of nitrogens with zero attached hydrogens (tertiary/aromatic N) is 4. The third-order valence-electron chi connectivity index (χ3n) is 3.36. The third-order valence-corrected chi connectivity index (χ3v) is 5.01. The highest BCUT2D eigenvalue weighted by Crippen LogP contribution is 2.24. The fraction of sp³-hybridized carbons (Fsp3) is 0.125. The van der Waals surface area contributed by atoms with Gasteiger partial charge in [-0.05, 0) is 17.7 Å². The van der Waals surface area contributed by atoms with Gasteiger partial charge in [-0.1, -0.05) is 30.3 Å². The standard InChI is InChI=1S/C16H16N4O2S/c1-19-12-16(18-13-19)23(21,22)20(15-7-9-17-10-8-15)11-14-5-3-2-4-6-14/h2-10,12-13H,11H2,1H3. The molecule has 0 fully saturated rings. The van der Waals surface area contributed by atoms with Crippen LogP contribution in [0.1, 0.15) is 5.56 Å². The SMILES string of the molecule is Cn1cnc(S(=O)(=O)N(Cc2ccccc2)c2ccncc2)c1. The zero-order valence-corrected chi connectivity index (χ0v) is 13.4. The number of imidazole rings is 1. The molecule has 6 nitrogen and oxygen atoms in total. The van der Waals surface area contributed by atoms with Gasteiger partial charge in [0.15, 0.2) is 5.03 Å². The van der Waals surface area contributed by atoms with Crippen molar-refractivity contribution < 1.29 is 8.42 Å². The lowest BCUT2D eigenvalue weighted by Crippen LogP contribution is -2.30. The molecule has 1 aromatic carbocycles. The van der Waals surface area contributed by atoms with E-state index in [4.69, 9.17) is 0 Å². The lowest BCUT2D eigenvalue weighted by Gasteiger charge is -2.23. The van der Waals surface area contributed by atoms with Crippen molar-refractivity contribution in [2.75, 3.05) is 4.31 Å². The van der Waals surface area contributed by atoms with Crippen LogP contribution in [0.25, 0.3) is 0 Å². The van der Waals surface area contributed by atoms with Crippen LogP contribution in [0.5, 0.6) is 0 Å². The van der Waals surface area contributed by atoms with E-state index < -0.39 is 10.0 Å². The van der Waals surface area contributed by atoms with Crippen molar-refractivity contribution >= 4 is 15.7 Å². The number of anilines is 1. The summed E-state index contributed by atoms with van der Waals surface area (Å²) in [4.78, 5) is 7.95. The minimum atomic E-state index is -3.76. The molecule has 0 unspecified atom stereocenters. The van der Waals surface area contributed by atoms with Crippen LogP contribution in [0.2, 0.25) is 0 Å². The quantitative estimate of drug-likeness (QED) is 0.720. The van der Waals surface area contributed by atoms with E-state index in [0.717, 1.165) is 5.56 Å². The number of hydrogen-bond donors (Lipinski definition) is 0. The molecule has 0 aliphatic heterocycles. The Labute approximate surface area is 135 Å². The number of pyridine rings is 1. The average Bonchev–Trinajstić information content (AvgIpc) is 3.02. The second-order valence-corrected chi connectivity index (χ2v) is 6.89. The molecule has 3 aromatic rings. The van der Waals surface area contributed by atoms with Crippen molar-refractivity contribution in [2.24, 2.45) is 7.05 Å². The zero-order valence-electron chi connectivity index (χ0n) is 12.6. The minimum absolute atomic E-state index is 0.0211. The normalized spacial score (nSPS) is 11.3. The van der Waals surface area contributed by atoms with E-state index in [2.05, 4.69) is 9.97 Å². The van der Waals surface area contributed by atoms with Crippen molar-refractivity contribution in [3.63, 3.8) is 0 Å². The lowest BCUT2D eigenvalue weighted by molar-refractivity contribution is 0.587. The van der Waals surface area contributed by atoms with Crippen LogP contribution >= 0.6 is 0 Å². The smallest absolute Gasteiger partial charge is 0.283 e. The summed E-state index contributed by atoms with van der Waals surface area (Å²) in [7, 11) is -2.02. The molecule has 0 spiro atoms. The predicted octanol–water partition coefficient (Wildman–Crippen LogP) is 2.21. The van der Waals surface area contributed by atoms with Crippen molar-refractivity contribution in [3.05, 3.63) is 72.9 Å². The van der Waals surface area contributed by atoms with Crippen LogP contribution < -0.4 is 4.31 Å². The number of hydrogen-bond acceptors (Lipinski definition) is 4. The summed E-state index contributed by atoms with van der Waals surface area (Å²) in [6.45, 7) is 0.226. The Bertz CT molecular complexity index is 877. The van der Waals surface area contributed by atoms with E-state index in [1.54, 1.807) is 36.1 Å². The van der Waals surface area contributed by atoms with Crippen LogP contribution in [0.3, 0.4) is 0 Å². The zero-order chi connectivity index (χ0) is 16.3. The number of benzene rings is 1. The van der Waals surface area contributed by atoms with Gasteiger partial charge in [-0.25, -0.2) is 4.98 Å². The summed E-state index contributed by atoms with van der Waals surface area (Å²) in [5.74, 6) is 0. The maximum atomic E-state index is 13.0. The Balaban J connectivity index is 2.05. The maximum absolute atomic E-state index is 13.0. The van der Waals surface area contributed by atoms with Gasteiger partial charge in [0.25, 0.3) is 10.0 Å². The summed E-state index contributed by atoms with van der Waals surface area (Å²) < 4.78 is 28.9. The van der Waals surface area contributed by atoms with Crippen LogP contribution in [0.15, 0.2) is 72.4 Å². The van der Waals surface area contributed by atoms with E-state index in [1.807, 2.05) is 30.3 Å². The summed E-state index contributed by atoms with van der Waals surface area (Å²) >= 11 is 0. The Hall–Kier alpha value is -2.67. The topological polar surface area (TPSA) is 68.1 Å². The van der Waals surface area contributed by atoms with E-state index in [9.17, 15) is 8.42 Å². The van der Waals surface area contributed by atoms with Crippen molar-refractivity contribution in [1.82, 2.24) is 14.5 Å².